The minimum Gasteiger partial charge on any atom is -0.406 e. The lowest BCUT2D eigenvalue weighted by Crippen LogP contribution is -2.41. The number of halogens is 3. The average Bonchev–Trinajstić information content (AvgIpc) is 2.74. The van der Waals surface area contributed by atoms with Crippen LogP contribution < -0.4 is 10.1 Å². The van der Waals surface area contributed by atoms with Gasteiger partial charge in [-0.25, -0.2) is 8.42 Å². The summed E-state index contributed by atoms with van der Waals surface area (Å²) in [7, 11) is -4.01. The zero-order chi connectivity index (χ0) is 23.5. The van der Waals surface area contributed by atoms with Crippen molar-refractivity contribution in [3.05, 3.63) is 53.6 Å². The molecule has 1 aliphatic rings. The van der Waals surface area contributed by atoms with Gasteiger partial charge in [0, 0.05) is 30.8 Å². The predicted molar refractivity (Wildman–Crippen MR) is 114 cm³/mol. The summed E-state index contributed by atoms with van der Waals surface area (Å²) in [5.74, 6) is -1.12. The summed E-state index contributed by atoms with van der Waals surface area (Å²) in [5, 5.41) is 2.98. The molecule has 0 spiro atoms. The molecule has 0 saturated carbocycles. The van der Waals surface area contributed by atoms with E-state index in [4.69, 9.17) is 0 Å². The van der Waals surface area contributed by atoms with Crippen LogP contribution in [0, 0.1) is 12.8 Å². The molecule has 1 heterocycles. The molecule has 174 valence electrons. The fourth-order valence-corrected chi connectivity index (χ4v) is 5.27. The van der Waals surface area contributed by atoms with Crippen LogP contribution in [0.2, 0.25) is 0 Å². The van der Waals surface area contributed by atoms with E-state index in [2.05, 4.69) is 10.1 Å². The van der Waals surface area contributed by atoms with Crippen molar-refractivity contribution in [2.75, 3.05) is 18.4 Å². The van der Waals surface area contributed by atoms with E-state index in [1.807, 2.05) is 32.0 Å². The highest BCUT2D eigenvalue weighted by atomic mass is 32.2. The van der Waals surface area contributed by atoms with Gasteiger partial charge >= 0.3 is 6.36 Å². The van der Waals surface area contributed by atoms with Crippen molar-refractivity contribution >= 4 is 21.6 Å². The van der Waals surface area contributed by atoms with E-state index in [1.54, 1.807) is 0 Å². The van der Waals surface area contributed by atoms with Crippen molar-refractivity contribution < 1.29 is 31.1 Å². The number of hydrogen-bond acceptors (Lipinski definition) is 4. The molecule has 0 aromatic heterocycles. The van der Waals surface area contributed by atoms with Crippen LogP contribution in [0.4, 0.5) is 18.9 Å². The SMILES string of the molecule is CCc1cccc(C)c1NC(=O)C1CCN(S(=O)(=O)c2cccc(OC(F)(F)F)c2)CC1. The van der Waals surface area contributed by atoms with Crippen molar-refractivity contribution in [3.63, 3.8) is 0 Å². The number of carbonyl (C=O) groups excluding carboxylic acids is 1. The highest BCUT2D eigenvalue weighted by molar-refractivity contribution is 7.89. The first-order valence-corrected chi connectivity index (χ1v) is 11.7. The molecular weight excluding hydrogens is 445 g/mol. The van der Waals surface area contributed by atoms with Gasteiger partial charge in [-0.2, -0.15) is 4.31 Å². The molecule has 2 aromatic carbocycles. The van der Waals surface area contributed by atoms with Crippen LogP contribution in [0.5, 0.6) is 5.75 Å². The third-order valence-corrected chi connectivity index (χ3v) is 7.38. The van der Waals surface area contributed by atoms with E-state index in [1.165, 1.54) is 16.4 Å². The number of piperidine rings is 1. The van der Waals surface area contributed by atoms with Gasteiger partial charge in [0.1, 0.15) is 5.75 Å². The maximum atomic E-state index is 12.9. The summed E-state index contributed by atoms with van der Waals surface area (Å²) in [6.07, 6.45) is -3.51. The van der Waals surface area contributed by atoms with Gasteiger partial charge in [0.15, 0.2) is 0 Å². The minimum absolute atomic E-state index is 0.0964. The zero-order valence-electron chi connectivity index (χ0n) is 17.8. The lowest BCUT2D eigenvalue weighted by atomic mass is 9.96. The standard InChI is InChI=1S/C22H25F3N2O4S/c1-3-16-7-4-6-15(2)20(16)26-21(28)17-10-12-27(13-11-17)32(29,30)19-9-5-8-18(14-19)31-22(23,24)25/h4-9,14,17H,3,10-13H2,1-2H3,(H,26,28). The second-order valence-electron chi connectivity index (χ2n) is 7.65. The zero-order valence-corrected chi connectivity index (χ0v) is 18.6. The molecule has 6 nitrogen and oxygen atoms in total. The Hall–Kier alpha value is -2.59. The average molecular weight is 471 g/mol. The number of anilines is 1. The number of benzene rings is 2. The molecule has 1 amide bonds. The van der Waals surface area contributed by atoms with Gasteiger partial charge in [-0.1, -0.05) is 31.2 Å². The van der Waals surface area contributed by atoms with Crippen LogP contribution in [0.15, 0.2) is 47.4 Å². The van der Waals surface area contributed by atoms with Crippen molar-refractivity contribution in [1.29, 1.82) is 0 Å². The molecule has 0 aliphatic carbocycles. The first kappa shape index (κ1) is 24.1. The largest absolute Gasteiger partial charge is 0.573 e. The summed E-state index contributed by atoms with van der Waals surface area (Å²) in [6, 6.07) is 10.1. The quantitative estimate of drug-likeness (QED) is 0.675. The number of sulfonamides is 1. The fraction of sp³-hybridized carbons (Fsp3) is 0.409. The lowest BCUT2D eigenvalue weighted by Gasteiger charge is -2.31. The van der Waals surface area contributed by atoms with Gasteiger partial charge in [0.05, 0.1) is 4.90 Å². The van der Waals surface area contributed by atoms with Crippen LogP contribution in [0.1, 0.15) is 30.9 Å². The topological polar surface area (TPSA) is 75.7 Å². The Balaban J connectivity index is 1.66. The number of nitrogens with zero attached hydrogens (tertiary/aromatic N) is 1. The maximum absolute atomic E-state index is 12.9. The third kappa shape index (κ3) is 5.60. The molecule has 1 aliphatic heterocycles. The van der Waals surface area contributed by atoms with Crippen molar-refractivity contribution in [2.45, 2.75) is 44.4 Å². The van der Waals surface area contributed by atoms with Gasteiger partial charge in [-0.3, -0.25) is 4.79 Å². The Labute approximate surface area is 185 Å². The monoisotopic (exact) mass is 470 g/mol. The second kappa shape index (κ2) is 9.50. The molecular formula is C22H25F3N2O4S. The second-order valence-corrected chi connectivity index (χ2v) is 9.59. The van der Waals surface area contributed by atoms with E-state index in [0.29, 0.717) is 12.8 Å². The molecule has 10 heteroatoms. The van der Waals surface area contributed by atoms with Crippen LogP contribution in [-0.4, -0.2) is 38.1 Å². The number of amides is 1. The fourth-order valence-electron chi connectivity index (χ4n) is 3.77. The number of alkyl halides is 3. The molecule has 1 saturated heterocycles. The Morgan fingerprint density at radius 3 is 2.44 bits per heavy atom. The lowest BCUT2D eigenvalue weighted by molar-refractivity contribution is -0.274. The molecule has 0 radical (unpaired) electrons. The molecule has 3 rings (SSSR count). The Morgan fingerprint density at radius 1 is 1.16 bits per heavy atom. The highest BCUT2D eigenvalue weighted by Crippen LogP contribution is 2.29. The predicted octanol–water partition coefficient (Wildman–Crippen LogP) is 4.50. The van der Waals surface area contributed by atoms with Crippen LogP contribution in [0.3, 0.4) is 0 Å². The van der Waals surface area contributed by atoms with Gasteiger partial charge in [0.25, 0.3) is 0 Å². The van der Waals surface area contributed by atoms with Crippen LogP contribution >= 0.6 is 0 Å². The Morgan fingerprint density at radius 2 is 1.81 bits per heavy atom. The Bertz CT molecular complexity index is 1080. The van der Waals surface area contributed by atoms with Crippen molar-refractivity contribution in [3.8, 4) is 5.75 Å². The number of nitrogens with one attached hydrogen (secondary N) is 1. The van der Waals surface area contributed by atoms with Crippen molar-refractivity contribution in [1.82, 2.24) is 4.31 Å². The summed E-state index contributed by atoms with van der Waals surface area (Å²) in [4.78, 5) is 12.5. The summed E-state index contributed by atoms with van der Waals surface area (Å²) < 4.78 is 68.1. The molecule has 0 bridgehead atoms. The minimum atomic E-state index is -4.91. The summed E-state index contributed by atoms with van der Waals surface area (Å²) in [6.45, 7) is 4.11. The smallest absolute Gasteiger partial charge is 0.406 e. The maximum Gasteiger partial charge on any atom is 0.573 e. The van der Waals surface area contributed by atoms with Crippen LogP contribution in [-0.2, 0) is 21.2 Å². The first-order valence-electron chi connectivity index (χ1n) is 10.3. The van der Waals surface area contributed by atoms with E-state index >= 15 is 0 Å². The van der Waals surface area contributed by atoms with Gasteiger partial charge < -0.3 is 10.1 Å². The van der Waals surface area contributed by atoms with E-state index in [9.17, 15) is 26.4 Å². The highest BCUT2D eigenvalue weighted by Gasteiger charge is 2.34. The van der Waals surface area contributed by atoms with Crippen molar-refractivity contribution in [2.24, 2.45) is 5.92 Å². The number of para-hydroxylation sites is 1. The van der Waals surface area contributed by atoms with E-state index < -0.39 is 22.1 Å². The van der Waals surface area contributed by atoms with Gasteiger partial charge in [-0.15, -0.1) is 13.2 Å². The molecule has 1 N–H and O–H groups in total. The molecule has 1 fully saturated rings. The summed E-state index contributed by atoms with van der Waals surface area (Å²) >= 11 is 0. The number of hydrogen-bond donors (Lipinski definition) is 1. The third-order valence-electron chi connectivity index (χ3n) is 5.49. The number of carbonyl (C=O) groups is 1. The Kier molecular flexibility index (Phi) is 7.14. The summed E-state index contributed by atoms with van der Waals surface area (Å²) in [5.41, 5.74) is 2.77. The molecule has 32 heavy (non-hydrogen) atoms. The number of ether oxygens (including phenoxy) is 1. The first-order chi connectivity index (χ1) is 15.0. The normalized spacial score (nSPS) is 16.0. The van der Waals surface area contributed by atoms with E-state index in [-0.39, 0.29) is 29.8 Å². The molecule has 2 aromatic rings. The van der Waals surface area contributed by atoms with Gasteiger partial charge in [0.2, 0.25) is 15.9 Å². The molecule has 0 atom stereocenters. The molecule has 0 unspecified atom stereocenters. The van der Waals surface area contributed by atoms with Crippen LogP contribution in [0.25, 0.3) is 0 Å². The van der Waals surface area contributed by atoms with E-state index in [0.717, 1.165) is 35.4 Å². The number of rotatable bonds is 6. The van der Waals surface area contributed by atoms with Gasteiger partial charge in [-0.05, 0) is 49.4 Å². The number of aryl methyl sites for hydroxylation is 2.